The fourth-order valence-corrected chi connectivity index (χ4v) is 1.20. The van der Waals surface area contributed by atoms with Gasteiger partial charge in [0.1, 0.15) is 17.4 Å². The van der Waals surface area contributed by atoms with E-state index in [0.29, 0.717) is 12.2 Å². The van der Waals surface area contributed by atoms with Crippen LogP contribution in [0.1, 0.15) is 16.8 Å². The van der Waals surface area contributed by atoms with E-state index in [1.54, 1.807) is 12.1 Å². The molecule has 0 heterocycles. The van der Waals surface area contributed by atoms with Gasteiger partial charge in [0.05, 0.1) is 0 Å². The van der Waals surface area contributed by atoms with E-state index in [-0.39, 0.29) is 11.3 Å². The van der Waals surface area contributed by atoms with Gasteiger partial charge in [-0.05, 0) is 24.3 Å². The molecule has 1 atom stereocenters. The molecule has 0 aliphatic heterocycles. The first-order valence-corrected chi connectivity index (χ1v) is 5.64. The molecule has 1 rings (SSSR count). The van der Waals surface area contributed by atoms with Crippen LogP contribution in [0.4, 0.5) is 0 Å². The van der Waals surface area contributed by atoms with E-state index in [2.05, 4.69) is 12.6 Å². The van der Waals surface area contributed by atoms with Crippen LogP contribution in [0.3, 0.4) is 0 Å². The molecule has 0 spiro atoms. The Bertz CT molecular complexity index is 410. The van der Waals surface area contributed by atoms with Crippen molar-refractivity contribution in [3.63, 3.8) is 0 Å². The summed E-state index contributed by atoms with van der Waals surface area (Å²) in [4.78, 5) is 20.2. The van der Waals surface area contributed by atoms with Crippen LogP contribution >= 0.6 is 12.6 Å². The fourth-order valence-electron chi connectivity index (χ4n) is 0.917. The Morgan fingerprint density at radius 1 is 1.28 bits per heavy atom. The molecule has 1 aromatic rings. The molecular formula is C11H15NO5S. The summed E-state index contributed by atoms with van der Waals surface area (Å²) in [6.45, 7) is 0. The maximum atomic E-state index is 10.3. The number of phenols is 1. The van der Waals surface area contributed by atoms with Crippen molar-refractivity contribution >= 4 is 24.6 Å². The summed E-state index contributed by atoms with van der Waals surface area (Å²) in [5, 5.41) is 25.5. The third kappa shape index (κ3) is 6.12. The number of rotatable bonds is 4. The first-order chi connectivity index (χ1) is 8.40. The summed E-state index contributed by atoms with van der Waals surface area (Å²) in [5.74, 6) is -1.75. The zero-order chi connectivity index (χ0) is 14.1. The van der Waals surface area contributed by atoms with E-state index in [1.165, 1.54) is 12.1 Å². The lowest BCUT2D eigenvalue weighted by Gasteiger charge is -2.00. The van der Waals surface area contributed by atoms with Crippen molar-refractivity contribution in [1.29, 1.82) is 0 Å². The number of aromatic carboxylic acids is 1. The molecule has 100 valence electrons. The van der Waals surface area contributed by atoms with Gasteiger partial charge in [-0.15, -0.1) is 0 Å². The number of carbonyl (C=O) groups is 2. The molecule has 0 saturated heterocycles. The van der Waals surface area contributed by atoms with E-state index >= 15 is 0 Å². The van der Waals surface area contributed by atoms with Gasteiger partial charge in [-0.25, -0.2) is 4.79 Å². The van der Waals surface area contributed by atoms with Gasteiger partial charge in [0, 0.05) is 0 Å². The lowest BCUT2D eigenvalue weighted by Crippen LogP contribution is -2.30. The van der Waals surface area contributed by atoms with Crippen LogP contribution in [0.2, 0.25) is 0 Å². The number of nitrogens with two attached hydrogens (primary N) is 1. The van der Waals surface area contributed by atoms with Crippen molar-refractivity contribution in [3.8, 4) is 5.75 Å². The van der Waals surface area contributed by atoms with Crippen molar-refractivity contribution < 1.29 is 24.9 Å². The maximum Gasteiger partial charge on any atom is 0.339 e. The molecule has 0 saturated carbocycles. The lowest BCUT2D eigenvalue weighted by atomic mass is 10.2. The van der Waals surface area contributed by atoms with Crippen LogP contribution < -0.4 is 5.73 Å². The highest BCUT2D eigenvalue weighted by atomic mass is 32.1. The summed E-state index contributed by atoms with van der Waals surface area (Å²) in [7, 11) is 0. The maximum absolute atomic E-state index is 10.3. The Balaban J connectivity index is 0.000000331. The number of carboxylic acid groups (broad SMARTS) is 2. The molecule has 5 N–H and O–H groups in total. The summed E-state index contributed by atoms with van der Waals surface area (Å²) in [5.41, 5.74) is 5.01. The molecule has 7 heteroatoms. The van der Waals surface area contributed by atoms with Crippen LogP contribution in [0.15, 0.2) is 24.3 Å². The molecule has 0 fully saturated rings. The molecule has 0 radical (unpaired) electrons. The lowest BCUT2D eigenvalue weighted by molar-refractivity contribution is -0.138. The highest BCUT2D eigenvalue weighted by Gasteiger charge is 2.08. The molecule has 0 unspecified atom stereocenters. The number of para-hydroxylation sites is 1. The van der Waals surface area contributed by atoms with Gasteiger partial charge < -0.3 is 21.1 Å². The Hall–Kier alpha value is -1.73. The van der Waals surface area contributed by atoms with Crippen molar-refractivity contribution in [2.24, 2.45) is 5.73 Å². The minimum Gasteiger partial charge on any atom is -0.507 e. The van der Waals surface area contributed by atoms with Crippen LogP contribution in [0.5, 0.6) is 5.75 Å². The van der Waals surface area contributed by atoms with Gasteiger partial charge in [0.15, 0.2) is 0 Å². The predicted octanol–water partition coefficient (Wildman–Crippen LogP) is 0.809. The van der Waals surface area contributed by atoms with E-state index in [1.807, 2.05) is 0 Å². The van der Waals surface area contributed by atoms with Crippen molar-refractivity contribution in [2.45, 2.75) is 12.5 Å². The number of aromatic hydroxyl groups is 1. The minimum atomic E-state index is -1.11. The third-order valence-corrected chi connectivity index (χ3v) is 2.15. The summed E-state index contributed by atoms with van der Waals surface area (Å²) in [6, 6.07) is 5.07. The molecule has 0 bridgehead atoms. The molecule has 0 aliphatic rings. The van der Waals surface area contributed by atoms with Crippen LogP contribution in [-0.4, -0.2) is 39.1 Å². The predicted molar refractivity (Wildman–Crippen MR) is 69.1 cm³/mol. The number of benzene rings is 1. The Morgan fingerprint density at radius 2 is 1.83 bits per heavy atom. The molecule has 0 amide bonds. The highest BCUT2D eigenvalue weighted by molar-refractivity contribution is 7.80. The normalized spacial score (nSPS) is 11.0. The molecule has 0 aliphatic carbocycles. The Kier molecular flexibility index (Phi) is 7.57. The standard InChI is InChI=1S/C7H6O3.C4H9NO2S/c8-6-4-2-1-3-5(6)7(9)10;5-3(1-2-8)4(6)7/h1-4,8H,(H,9,10);3,8H,1-2,5H2,(H,6,7)/t;3-/m.0/s1. The second-order valence-corrected chi connectivity index (χ2v) is 3.73. The van der Waals surface area contributed by atoms with Crippen molar-refractivity contribution in [2.75, 3.05) is 5.75 Å². The number of aliphatic carboxylic acids is 1. The second-order valence-electron chi connectivity index (χ2n) is 3.28. The monoisotopic (exact) mass is 273 g/mol. The second kappa shape index (κ2) is 8.37. The fraction of sp³-hybridized carbons (Fsp3) is 0.273. The quantitative estimate of drug-likeness (QED) is 0.518. The zero-order valence-corrected chi connectivity index (χ0v) is 10.4. The molecule has 0 aromatic heterocycles. The Morgan fingerprint density at radius 3 is 2.11 bits per heavy atom. The summed E-state index contributed by atoms with van der Waals surface area (Å²) < 4.78 is 0. The van der Waals surface area contributed by atoms with E-state index in [0.717, 1.165) is 0 Å². The summed E-state index contributed by atoms with van der Waals surface area (Å²) >= 11 is 3.81. The van der Waals surface area contributed by atoms with Gasteiger partial charge >= 0.3 is 11.9 Å². The number of thiol groups is 1. The molecule has 1 aromatic carbocycles. The van der Waals surface area contributed by atoms with Crippen molar-refractivity contribution in [1.82, 2.24) is 0 Å². The average Bonchev–Trinajstić information content (AvgIpc) is 2.30. The number of hydrogen-bond acceptors (Lipinski definition) is 5. The minimum absolute atomic E-state index is 0.0671. The molecular weight excluding hydrogens is 258 g/mol. The molecule has 18 heavy (non-hydrogen) atoms. The summed E-state index contributed by atoms with van der Waals surface area (Å²) in [6.07, 6.45) is 0.429. The van der Waals surface area contributed by atoms with E-state index in [4.69, 9.17) is 21.1 Å². The van der Waals surface area contributed by atoms with Gasteiger partial charge in [0.25, 0.3) is 0 Å². The Labute approximate surface area is 109 Å². The van der Waals surface area contributed by atoms with E-state index in [9.17, 15) is 9.59 Å². The van der Waals surface area contributed by atoms with Gasteiger partial charge in [-0.3, -0.25) is 4.79 Å². The van der Waals surface area contributed by atoms with Crippen LogP contribution in [-0.2, 0) is 4.79 Å². The SMILES string of the molecule is N[C@@H](CCS)C(=O)O.O=C(O)c1ccccc1O. The van der Waals surface area contributed by atoms with E-state index < -0.39 is 18.0 Å². The number of hydrogen-bond donors (Lipinski definition) is 5. The smallest absolute Gasteiger partial charge is 0.339 e. The largest absolute Gasteiger partial charge is 0.507 e. The van der Waals surface area contributed by atoms with Crippen molar-refractivity contribution in [3.05, 3.63) is 29.8 Å². The topological polar surface area (TPSA) is 121 Å². The first-order valence-electron chi connectivity index (χ1n) is 5.00. The third-order valence-electron chi connectivity index (χ3n) is 1.89. The first kappa shape index (κ1) is 16.3. The van der Waals surface area contributed by atoms with Crippen LogP contribution in [0, 0.1) is 0 Å². The van der Waals surface area contributed by atoms with Gasteiger partial charge in [-0.1, -0.05) is 12.1 Å². The molecule has 6 nitrogen and oxygen atoms in total. The van der Waals surface area contributed by atoms with Gasteiger partial charge in [0.2, 0.25) is 0 Å². The van der Waals surface area contributed by atoms with Crippen LogP contribution in [0.25, 0.3) is 0 Å². The number of carboxylic acids is 2. The van der Waals surface area contributed by atoms with Gasteiger partial charge in [-0.2, -0.15) is 12.6 Å². The zero-order valence-electron chi connectivity index (χ0n) is 9.48. The highest BCUT2D eigenvalue weighted by Crippen LogP contribution is 2.14. The average molecular weight is 273 g/mol.